The summed E-state index contributed by atoms with van der Waals surface area (Å²) >= 11 is 11.8. The Balaban J connectivity index is 1.56. The van der Waals surface area contributed by atoms with E-state index in [-0.39, 0.29) is 23.9 Å². The molecule has 2 amide bonds. The van der Waals surface area contributed by atoms with Crippen molar-refractivity contribution in [3.63, 3.8) is 0 Å². The minimum absolute atomic E-state index is 0.131. The Morgan fingerprint density at radius 2 is 1.55 bits per heavy atom. The highest BCUT2D eigenvalue weighted by atomic mass is 35.5. The van der Waals surface area contributed by atoms with E-state index >= 15 is 0 Å². The van der Waals surface area contributed by atoms with Crippen LogP contribution in [0.1, 0.15) is 16.8 Å². The first-order valence-corrected chi connectivity index (χ1v) is 11.7. The lowest BCUT2D eigenvalue weighted by Crippen LogP contribution is -2.35. The van der Waals surface area contributed by atoms with Crippen LogP contribution in [0, 0.1) is 0 Å². The third-order valence-electron chi connectivity index (χ3n) is 4.66. The van der Waals surface area contributed by atoms with Crippen LogP contribution in [0.4, 0.5) is 5.82 Å². The van der Waals surface area contributed by atoms with Crippen molar-refractivity contribution < 1.29 is 18.0 Å². The second kappa shape index (κ2) is 8.33. The van der Waals surface area contributed by atoms with Crippen LogP contribution in [-0.2, 0) is 37.5 Å². The van der Waals surface area contributed by atoms with Gasteiger partial charge < -0.3 is 10.6 Å². The number of anilines is 1. The summed E-state index contributed by atoms with van der Waals surface area (Å²) < 4.78 is 25.5. The van der Waals surface area contributed by atoms with Crippen LogP contribution >= 0.6 is 23.2 Å². The fourth-order valence-corrected chi connectivity index (χ4v) is 4.91. The van der Waals surface area contributed by atoms with Gasteiger partial charge in [0.15, 0.2) is 9.84 Å². The first-order valence-electron chi connectivity index (χ1n) is 9.12. The largest absolute Gasteiger partial charge is 0.344 e. The molecule has 0 saturated heterocycles. The van der Waals surface area contributed by atoms with Crippen molar-refractivity contribution in [1.29, 1.82) is 0 Å². The predicted molar refractivity (Wildman–Crippen MR) is 117 cm³/mol. The van der Waals surface area contributed by atoms with Gasteiger partial charge >= 0.3 is 11.8 Å². The third kappa shape index (κ3) is 4.73. The number of amides is 2. The molecule has 1 aromatic heterocycles. The average molecular weight is 479 g/mol. The molecule has 0 fully saturated rings. The molecule has 1 aliphatic heterocycles. The van der Waals surface area contributed by atoms with Gasteiger partial charge in [-0.3, -0.25) is 9.59 Å². The van der Waals surface area contributed by atoms with Crippen LogP contribution in [0.15, 0.2) is 48.5 Å². The van der Waals surface area contributed by atoms with E-state index in [4.69, 9.17) is 23.2 Å². The number of aromatic nitrogens is 2. The van der Waals surface area contributed by atoms with E-state index in [1.807, 2.05) is 0 Å². The second-order valence-corrected chi connectivity index (χ2v) is 9.89. The van der Waals surface area contributed by atoms with Gasteiger partial charge in [0.25, 0.3) is 0 Å². The molecule has 0 radical (unpaired) electrons. The van der Waals surface area contributed by atoms with Gasteiger partial charge in [-0.25, -0.2) is 13.1 Å². The molecule has 8 nitrogen and oxygen atoms in total. The van der Waals surface area contributed by atoms with Gasteiger partial charge in [-0.1, -0.05) is 35.3 Å². The SMILES string of the molecule is O=C(NCc1ccc(Cl)cc1)C(=O)Nc1c2c(nn1-c1ccc(Cl)cc1)CS(=O)(=O)C2. The number of carbonyl (C=O) groups is 2. The molecule has 2 heterocycles. The molecule has 0 saturated carbocycles. The maximum Gasteiger partial charge on any atom is 0.314 e. The Hall–Kier alpha value is -2.88. The lowest BCUT2D eigenvalue weighted by Gasteiger charge is -2.11. The van der Waals surface area contributed by atoms with Crippen molar-refractivity contribution in [2.24, 2.45) is 0 Å². The van der Waals surface area contributed by atoms with E-state index in [9.17, 15) is 18.0 Å². The summed E-state index contributed by atoms with van der Waals surface area (Å²) in [6, 6.07) is 13.5. The maximum atomic E-state index is 12.5. The third-order valence-corrected chi connectivity index (χ3v) is 6.61. The lowest BCUT2D eigenvalue weighted by molar-refractivity contribution is -0.136. The molecule has 0 aliphatic carbocycles. The van der Waals surface area contributed by atoms with Crippen molar-refractivity contribution in [2.45, 2.75) is 18.1 Å². The number of sulfone groups is 1. The molecule has 0 bridgehead atoms. The van der Waals surface area contributed by atoms with Crippen molar-refractivity contribution in [2.75, 3.05) is 5.32 Å². The first kappa shape index (κ1) is 21.4. The van der Waals surface area contributed by atoms with Crippen molar-refractivity contribution >= 4 is 50.7 Å². The Morgan fingerprint density at radius 1 is 0.935 bits per heavy atom. The number of nitrogens with one attached hydrogen (secondary N) is 2. The fraction of sp³-hybridized carbons (Fsp3) is 0.150. The Bertz CT molecular complexity index is 1270. The first-order chi connectivity index (χ1) is 14.7. The van der Waals surface area contributed by atoms with Crippen LogP contribution in [-0.4, -0.2) is 30.0 Å². The minimum Gasteiger partial charge on any atom is -0.344 e. The second-order valence-electron chi connectivity index (χ2n) is 6.96. The fourth-order valence-electron chi connectivity index (χ4n) is 3.17. The van der Waals surface area contributed by atoms with E-state index in [0.717, 1.165) is 5.56 Å². The Kier molecular flexibility index (Phi) is 5.74. The molecule has 1 aliphatic rings. The molecule has 2 N–H and O–H groups in total. The smallest absolute Gasteiger partial charge is 0.314 e. The quantitative estimate of drug-likeness (QED) is 0.560. The molecule has 2 aromatic carbocycles. The average Bonchev–Trinajstić information content (AvgIpc) is 3.20. The molecule has 0 unspecified atom stereocenters. The summed E-state index contributed by atoms with van der Waals surface area (Å²) in [6.07, 6.45) is 0. The summed E-state index contributed by atoms with van der Waals surface area (Å²) in [4.78, 5) is 24.8. The highest BCUT2D eigenvalue weighted by Crippen LogP contribution is 2.33. The van der Waals surface area contributed by atoms with E-state index in [0.29, 0.717) is 27.0 Å². The van der Waals surface area contributed by atoms with Crippen LogP contribution in [0.25, 0.3) is 5.69 Å². The topological polar surface area (TPSA) is 110 Å². The van der Waals surface area contributed by atoms with Crippen molar-refractivity contribution in [3.05, 3.63) is 75.4 Å². The van der Waals surface area contributed by atoms with Crippen LogP contribution in [0.5, 0.6) is 0 Å². The summed E-state index contributed by atoms with van der Waals surface area (Å²) in [5.41, 5.74) is 2.04. The number of rotatable bonds is 4. The summed E-state index contributed by atoms with van der Waals surface area (Å²) in [5.74, 6) is -2.15. The molecule has 160 valence electrons. The van der Waals surface area contributed by atoms with Gasteiger partial charge in [0.1, 0.15) is 5.82 Å². The number of fused-ring (bicyclic) bond motifs is 1. The van der Waals surface area contributed by atoms with E-state index < -0.39 is 21.7 Å². The van der Waals surface area contributed by atoms with Crippen LogP contribution in [0.3, 0.4) is 0 Å². The molecular formula is C20H16Cl2N4O4S. The molecule has 4 rings (SSSR count). The molecule has 0 atom stereocenters. The number of nitrogens with zero attached hydrogens (tertiary/aromatic N) is 2. The van der Waals surface area contributed by atoms with Gasteiger partial charge in [0.2, 0.25) is 0 Å². The van der Waals surface area contributed by atoms with E-state index in [2.05, 4.69) is 15.7 Å². The zero-order valence-electron chi connectivity index (χ0n) is 15.9. The predicted octanol–water partition coefficient (Wildman–Crippen LogP) is 2.86. The van der Waals surface area contributed by atoms with Crippen molar-refractivity contribution in [3.8, 4) is 5.69 Å². The zero-order chi connectivity index (χ0) is 22.2. The van der Waals surface area contributed by atoms with E-state index in [1.54, 1.807) is 48.5 Å². The Morgan fingerprint density at radius 3 is 2.19 bits per heavy atom. The number of benzene rings is 2. The highest BCUT2D eigenvalue weighted by Gasteiger charge is 2.33. The van der Waals surface area contributed by atoms with Gasteiger partial charge in [-0.15, -0.1) is 0 Å². The summed E-state index contributed by atoms with van der Waals surface area (Å²) in [6.45, 7) is 0.131. The molecule has 31 heavy (non-hydrogen) atoms. The Labute approximate surface area is 188 Å². The maximum absolute atomic E-state index is 12.5. The zero-order valence-corrected chi connectivity index (χ0v) is 18.3. The minimum atomic E-state index is -3.36. The number of carbonyl (C=O) groups excluding carboxylic acids is 2. The van der Waals surface area contributed by atoms with Gasteiger partial charge in [0.05, 0.1) is 22.9 Å². The van der Waals surface area contributed by atoms with Gasteiger partial charge in [0, 0.05) is 22.2 Å². The summed E-state index contributed by atoms with van der Waals surface area (Å²) in [7, 11) is -3.36. The van der Waals surface area contributed by atoms with Crippen molar-refractivity contribution in [1.82, 2.24) is 15.1 Å². The molecular weight excluding hydrogens is 463 g/mol. The monoisotopic (exact) mass is 478 g/mol. The molecule has 0 spiro atoms. The molecule has 11 heteroatoms. The number of halogens is 2. The lowest BCUT2D eigenvalue weighted by atomic mass is 10.2. The number of hydrogen-bond donors (Lipinski definition) is 2. The standard InChI is InChI=1S/C20H16Cl2N4O4S/c21-13-3-1-12(2-4-13)9-23-19(27)20(28)24-18-16-10-31(29,30)11-17(16)25-26(18)15-7-5-14(22)6-8-15/h1-8H,9-11H2,(H,23,27)(H,24,28). The normalized spacial score (nSPS) is 14.1. The highest BCUT2D eigenvalue weighted by molar-refractivity contribution is 7.90. The van der Waals surface area contributed by atoms with Gasteiger partial charge in [-0.2, -0.15) is 5.10 Å². The van der Waals surface area contributed by atoms with Gasteiger partial charge in [-0.05, 0) is 42.0 Å². The van der Waals surface area contributed by atoms with E-state index in [1.165, 1.54) is 4.68 Å². The summed E-state index contributed by atoms with van der Waals surface area (Å²) in [5, 5.41) is 10.5. The van der Waals surface area contributed by atoms with Crippen LogP contribution < -0.4 is 10.6 Å². The van der Waals surface area contributed by atoms with Crippen LogP contribution in [0.2, 0.25) is 10.0 Å². The number of hydrogen-bond acceptors (Lipinski definition) is 5. The molecule has 3 aromatic rings.